The molecule has 0 saturated heterocycles. The number of ether oxygens (including phenoxy) is 1. The van der Waals surface area contributed by atoms with E-state index < -0.39 is 5.97 Å². The zero-order valence-corrected chi connectivity index (χ0v) is 15.3. The highest BCUT2D eigenvalue weighted by Crippen LogP contribution is 2.12. The standard InChI is InChI=1S/C20H22N2O5/c1-22(2)20(26)16-7-5-15(6-8-16)19(25)21-12-11-14-3-9-17(10-4-14)27-13-18(23)24/h3-10H,11-13H2,1-2H3,(H,21,25)(H,23,24). The van der Waals surface area contributed by atoms with Crippen molar-refractivity contribution in [3.8, 4) is 5.75 Å². The van der Waals surface area contributed by atoms with Crippen LogP contribution in [-0.4, -0.2) is 55.0 Å². The summed E-state index contributed by atoms with van der Waals surface area (Å²) in [5.41, 5.74) is 2.01. The summed E-state index contributed by atoms with van der Waals surface area (Å²) in [6.45, 7) is 0.0703. The predicted octanol–water partition coefficient (Wildman–Crippen LogP) is 1.82. The van der Waals surface area contributed by atoms with Gasteiger partial charge >= 0.3 is 5.97 Å². The monoisotopic (exact) mass is 370 g/mol. The number of nitrogens with zero attached hydrogens (tertiary/aromatic N) is 1. The number of rotatable bonds is 8. The summed E-state index contributed by atoms with van der Waals surface area (Å²) in [5.74, 6) is -0.864. The molecule has 7 nitrogen and oxygen atoms in total. The van der Waals surface area contributed by atoms with Crippen molar-refractivity contribution in [1.82, 2.24) is 10.2 Å². The summed E-state index contributed by atoms with van der Waals surface area (Å²) < 4.78 is 5.07. The van der Waals surface area contributed by atoms with E-state index in [1.54, 1.807) is 50.5 Å². The van der Waals surface area contributed by atoms with Crippen LogP contribution in [0.3, 0.4) is 0 Å². The molecule has 142 valence electrons. The Kier molecular flexibility index (Phi) is 6.93. The molecule has 0 saturated carbocycles. The Morgan fingerprint density at radius 2 is 1.56 bits per heavy atom. The second-order valence-corrected chi connectivity index (χ2v) is 6.11. The van der Waals surface area contributed by atoms with Crippen molar-refractivity contribution < 1.29 is 24.2 Å². The lowest BCUT2D eigenvalue weighted by atomic mass is 10.1. The largest absolute Gasteiger partial charge is 0.482 e. The highest BCUT2D eigenvalue weighted by molar-refractivity contribution is 5.97. The Morgan fingerprint density at radius 3 is 2.11 bits per heavy atom. The van der Waals surface area contributed by atoms with E-state index in [9.17, 15) is 14.4 Å². The fourth-order valence-corrected chi connectivity index (χ4v) is 2.34. The van der Waals surface area contributed by atoms with Gasteiger partial charge in [-0.2, -0.15) is 0 Å². The minimum Gasteiger partial charge on any atom is -0.482 e. The van der Waals surface area contributed by atoms with Crippen molar-refractivity contribution >= 4 is 17.8 Å². The smallest absolute Gasteiger partial charge is 0.341 e. The molecule has 27 heavy (non-hydrogen) atoms. The van der Waals surface area contributed by atoms with Crippen molar-refractivity contribution in [3.05, 3.63) is 65.2 Å². The van der Waals surface area contributed by atoms with Crippen LogP contribution in [0.4, 0.5) is 0 Å². The minimum atomic E-state index is -1.03. The highest BCUT2D eigenvalue weighted by atomic mass is 16.5. The van der Waals surface area contributed by atoms with E-state index in [4.69, 9.17) is 9.84 Å². The third kappa shape index (κ3) is 6.14. The first-order valence-corrected chi connectivity index (χ1v) is 8.40. The van der Waals surface area contributed by atoms with E-state index in [1.165, 1.54) is 4.90 Å². The van der Waals surface area contributed by atoms with Crippen LogP contribution in [0.1, 0.15) is 26.3 Å². The summed E-state index contributed by atoms with van der Waals surface area (Å²) in [7, 11) is 3.35. The Morgan fingerprint density at radius 1 is 0.963 bits per heavy atom. The normalized spacial score (nSPS) is 10.1. The first kappa shape index (κ1) is 20.0. The maximum atomic E-state index is 12.2. The van der Waals surface area contributed by atoms with Crippen molar-refractivity contribution in [3.63, 3.8) is 0 Å². The van der Waals surface area contributed by atoms with Gasteiger partial charge in [0.05, 0.1) is 0 Å². The van der Waals surface area contributed by atoms with Crippen LogP contribution < -0.4 is 10.1 Å². The van der Waals surface area contributed by atoms with Gasteiger partial charge in [-0.1, -0.05) is 12.1 Å². The third-order valence-corrected chi connectivity index (χ3v) is 3.79. The summed E-state index contributed by atoms with van der Waals surface area (Å²) in [5, 5.41) is 11.4. The summed E-state index contributed by atoms with van der Waals surface area (Å²) in [6, 6.07) is 13.6. The van der Waals surface area contributed by atoms with Crippen molar-refractivity contribution in [2.24, 2.45) is 0 Å². The number of aliphatic carboxylic acids is 1. The Balaban J connectivity index is 1.82. The van der Waals surface area contributed by atoms with Gasteiger partial charge in [-0.05, 0) is 48.4 Å². The van der Waals surface area contributed by atoms with Gasteiger partial charge in [0.2, 0.25) is 0 Å². The molecular weight excluding hydrogens is 348 g/mol. The van der Waals surface area contributed by atoms with Crippen molar-refractivity contribution in [2.45, 2.75) is 6.42 Å². The second kappa shape index (κ2) is 9.38. The van der Waals surface area contributed by atoms with E-state index in [2.05, 4.69) is 5.32 Å². The van der Waals surface area contributed by atoms with E-state index in [0.29, 0.717) is 29.8 Å². The molecule has 0 aromatic heterocycles. The van der Waals surface area contributed by atoms with Crippen LogP contribution >= 0.6 is 0 Å². The van der Waals surface area contributed by atoms with Crippen LogP contribution in [0.15, 0.2) is 48.5 Å². The molecule has 0 aliphatic rings. The molecule has 2 amide bonds. The molecule has 2 aromatic carbocycles. The summed E-state index contributed by atoms with van der Waals surface area (Å²) >= 11 is 0. The van der Waals surface area contributed by atoms with Crippen LogP contribution in [0.5, 0.6) is 5.75 Å². The summed E-state index contributed by atoms with van der Waals surface area (Å²) in [4.78, 5) is 35.9. The third-order valence-electron chi connectivity index (χ3n) is 3.79. The van der Waals surface area contributed by atoms with Gasteiger partial charge in [0.15, 0.2) is 6.61 Å². The topological polar surface area (TPSA) is 95.9 Å². The number of hydrogen-bond donors (Lipinski definition) is 2. The number of benzene rings is 2. The van der Waals surface area contributed by atoms with Crippen LogP contribution in [0.2, 0.25) is 0 Å². The Labute approximate surface area is 157 Å². The fourth-order valence-electron chi connectivity index (χ4n) is 2.34. The van der Waals surface area contributed by atoms with E-state index in [1.807, 2.05) is 12.1 Å². The maximum Gasteiger partial charge on any atom is 0.341 e. The lowest BCUT2D eigenvalue weighted by Crippen LogP contribution is -2.26. The first-order valence-electron chi connectivity index (χ1n) is 8.40. The van der Waals surface area contributed by atoms with Gasteiger partial charge in [-0.25, -0.2) is 4.79 Å². The molecular formula is C20H22N2O5. The second-order valence-electron chi connectivity index (χ2n) is 6.11. The number of carbonyl (C=O) groups is 3. The number of amides is 2. The number of carbonyl (C=O) groups excluding carboxylic acids is 2. The first-order chi connectivity index (χ1) is 12.9. The highest BCUT2D eigenvalue weighted by Gasteiger charge is 2.10. The minimum absolute atomic E-state index is 0.113. The number of carboxylic acid groups (broad SMARTS) is 1. The van der Waals surface area contributed by atoms with Gasteiger partial charge in [0, 0.05) is 31.8 Å². The molecule has 2 aromatic rings. The van der Waals surface area contributed by atoms with Crippen molar-refractivity contribution in [2.75, 3.05) is 27.2 Å². The molecule has 0 heterocycles. The van der Waals surface area contributed by atoms with Gasteiger partial charge in [0.25, 0.3) is 11.8 Å². The zero-order valence-electron chi connectivity index (χ0n) is 15.3. The molecule has 0 aliphatic carbocycles. The molecule has 2 rings (SSSR count). The predicted molar refractivity (Wildman–Crippen MR) is 100 cm³/mol. The lowest BCUT2D eigenvalue weighted by Gasteiger charge is -2.10. The SMILES string of the molecule is CN(C)C(=O)c1ccc(C(=O)NCCc2ccc(OCC(=O)O)cc2)cc1. The van der Waals surface area contributed by atoms with Gasteiger partial charge in [-0.15, -0.1) is 0 Å². The molecule has 0 spiro atoms. The molecule has 0 aliphatic heterocycles. The zero-order chi connectivity index (χ0) is 19.8. The summed E-state index contributed by atoms with van der Waals surface area (Å²) in [6.07, 6.45) is 0.627. The van der Waals surface area contributed by atoms with Crippen LogP contribution in [0.25, 0.3) is 0 Å². The fraction of sp³-hybridized carbons (Fsp3) is 0.250. The van der Waals surface area contributed by atoms with Crippen LogP contribution in [-0.2, 0) is 11.2 Å². The van der Waals surface area contributed by atoms with Gasteiger partial charge < -0.3 is 20.1 Å². The Bertz CT molecular complexity index is 798. The number of nitrogens with one attached hydrogen (secondary N) is 1. The van der Waals surface area contributed by atoms with Gasteiger partial charge in [-0.3, -0.25) is 9.59 Å². The average molecular weight is 370 g/mol. The molecule has 7 heteroatoms. The molecule has 0 atom stereocenters. The number of hydrogen-bond acceptors (Lipinski definition) is 4. The number of carboxylic acids is 1. The quantitative estimate of drug-likeness (QED) is 0.739. The molecule has 0 unspecified atom stereocenters. The molecule has 2 N–H and O–H groups in total. The van der Waals surface area contributed by atoms with Crippen molar-refractivity contribution in [1.29, 1.82) is 0 Å². The molecule has 0 radical (unpaired) electrons. The average Bonchev–Trinajstić information content (AvgIpc) is 2.66. The van der Waals surface area contributed by atoms with E-state index >= 15 is 0 Å². The lowest BCUT2D eigenvalue weighted by molar-refractivity contribution is -0.139. The van der Waals surface area contributed by atoms with Gasteiger partial charge in [0.1, 0.15) is 5.75 Å². The van der Waals surface area contributed by atoms with E-state index in [0.717, 1.165) is 5.56 Å². The Hall–Kier alpha value is -3.35. The molecule has 0 fully saturated rings. The maximum absolute atomic E-state index is 12.2. The van der Waals surface area contributed by atoms with E-state index in [-0.39, 0.29) is 18.4 Å². The molecule has 0 bridgehead atoms. The van der Waals surface area contributed by atoms with Crippen LogP contribution in [0, 0.1) is 0 Å².